The van der Waals surface area contributed by atoms with Gasteiger partial charge in [-0.2, -0.15) is 0 Å². The Morgan fingerprint density at radius 2 is 1.97 bits per heavy atom. The molecule has 0 spiro atoms. The monoisotopic (exact) mass is 399 g/mol. The number of hydrogen-bond donors (Lipinski definition) is 2. The molecule has 0 bridgehead atoms. The number of hydrogen-bond acceptors (Lipinski definition) is 4. The van der Waals surface area contributed by atoms with Gasteiger partial charge in [-0.3, -0.25) is 9.59 Å². The molecule has 0 aromatic heterocycles. The Labute approximate surface area is 175 Å². The van der Waals surface area contributed by atoms with Crippen molar-refractivity contribution >= 4 is 11.6 Å². The molecule has 0 amide bonds. The third kappa shape index (κ3) is 5.29. The minimum atomic E-state index is -0.390. The molecule has 0 unspecified atom stereocenters. The van der Waals surface area contributed by atoms with Crippen molar-refractivity contribution in [3.05, 3.63) is 46.4 Å². The minimum Gasteiger partial charge on any atom is -0.504 e. The lowest BCUT2D eigenvalue weighted by Gasteiger charge is -2.34. The lowest BCUT2D eigenvalue weighted by Crippen LogP contribution is -2.37. The van der Waals surface area contributed by atoms with Crippen molar-refractivity contribution in [2.45, 2.75) is 73.1 Å². The highest BCUT2D eigenvalue weighted by Gasteiger charge is 2.40. The van der Waals surface area contributed by atoms with Crippen LogP contribution in [0.15, 0.2) is 46.4 Å². The topological polar surface area (TPSA) is 66.4 Å². The van der Waals surface area contributed by atoms with E-state index in [1.54, 1.807) is 0 Å². The van der Waals surface area contributed by atoms with E-state index < -0.39 is 0 Å². The summed E-state index contributed by atoms with van der Waals surface area (Å²) in [7, 11) is 0. The van der Waals surface area contributed by atoms with Gasteiger partial charge >= 0.3 is 0 Å². The molecule has 0 aromatic carbocycles. The summed E-state index contributed by atoms with van der Waals surface area (Å²) < 4.78 is 0. The van der Waals surface area contributed by atoms with E-state index in [9.17, 15) is 14.7 Å². The third-order valence-corrected chi connectivity index (χ3v) is 5.95. The molecular formula is C25H37NO3. The SMILES string of the molecule is C=C(C)[C@@H]1CCC(C)=C[C@H]1C1=C(O)C(=O)C(CCCCC)=C(NCC(C)C)C1=O. The molecule has 0 aromatic rings. The summed E-state index contributed by atoms with van der Waals surface area (Å²) in [6.07, 6.45) is 7.23. The van der Waals surface area contributed by atoms with Crippen molar-refractivity contribution in [3.8, 4) is 0 Å². The number of ketones is 2. The molecule has 0 heterocycles. The van der Waals surface area contributed by atoms with E-state index in [0.717, 1.165) is 37.7 Å². The number of nitrogens with one attached hydrogen (secondary N) is 1. The summed E-state index contributed by atoms with van der Waals surface area (Å²) >= 11 is 0. The summed E-state index contributed by atoms with van der Waals surface area (Å²) in [5.74, 6) is -0.883. The maximum absolute atomic E-state index is 13.6. The first kappa shape index (κ1) is 23.2. The van der Waals surface area contributed by atoms with E-state index in [4.69, 9.17) is 0 Å². The Hall–Kier alpha value is -2.10. The summed E-state index contributed by atoms with van der Waals surface area (Å²) in [6.45, 7) is 15.0. The normalized spacial score (nSPS) is 23.0. The van der Waals surface area contributed by atoms with Gasteiger partial charge in [0, 0.05) is 18.0 Å². The maximum Gasteiger partial charge on any atom is 0.225 e. The predicted octanol–water partition coefficient (Wildman–Crippen LogP) is 5.58. The molecule has 160 valence electrons. The van der Waals surface area contributed by atoms with Gasteiger partial charge in [0.15, 0.2) is 5.76 Å². The smallest absolute Gasteiger partial charge is 0.225 e. The summed E-state index contributed by atoms with van der Waals surface area (Å²) in [5, 5.41) is 14.1. The summed E-state index contributed by atoms with van der Waals surface area (Å²) in [4.78, 5) is 26.7. The van der Waals surface area contributed by atoms with Gasteiger partial charge < -0.3 is 10.4 Å². The fourth-order valence-corrected chi connectivity index (χ4v) is 4.26. The van der Waals surface area contributed by atoms with E-state index in [2.05, 4.69) is 32.7 Å². The lowest BCUT2D eigenvalue weighted by atomic mass is 9.70. The highest BCUT2D eigenvalue weighted by atomic mass is 16.3. The number of carbonyl (C=O) groups excluding carboxylic acids is 2. The first-order chi connectivity index (χ1) is 13.7. The van der Waals surface area contributed by atoms with Crippen molar-refractivity contribution < 1.29 is 14.7 Å². The zero-order valence-electron chi connectivity index (χ0n) is 18.7. The zero-order valence-corrected chi connectivity index (χ0v) is 18.7. The molecule has 2 atom stereocenters. The Morgan fingerprint density at radius 1 is 1.28 bits per heavy atom. The molecule has 4 nitrogen and oxygen atoms in total. The van der Waals surface area contributed by atoms with E-state index >= 15 is 0 Å². The van der Waals surface area contributed by atoms with Crippen LogP contribution in [0.4, 0.5) is 0 Å². The molecule has 0 saturated carbocycles. The highest BCUT2D eigenvalue weighted by Crippen LogP contribution is 2.41. The van der Waals surface area contributed by atoms with Crippen LogP contribution in [0.2, 0.25) is 0 Å². The van der Waals surface area contributed by atoms with Crippen LogP contribution < -0.4 is 5.32 Å². The fraction of sp³-hybridized carbons (Fsp3) is 0.600. The van der Waals surface area contributed by atoms with Gasteiger partial charge in [-0.15, -0.1) is 0 Å². The molecule has 2 N–H and O–H groups in total. The number of unbranched alkanes of at least 4 members (excludes halogenated alkanes) is 2. The Bertz CT molecular complexity index is 767. The number of aliphatic hydroxyl groups excluding tert-OH is 1. The quantitative estimate of drug-likeness (QED) is 0.302. The highest BCUT2D eigenvalue weighted by molar-refractivity contribution is 6.24. The van der Waals surface area contributed by atoms with Crippen molar-refractivity contribution in [2.24, 2.45) is 17.8 Å². The average Bonchev–Trinajstić information content (AvgIpc) is 2.65. The zero-order chi connectivity index (χ0) is 21.7. The van der Waals surface area contributed by atoms with Crippen LogP contribution in [0, 0.1) is 17.8 Å². The van der Waals surface area contributed by atoms with E-state index in [1.165, 1.54) is 5.57 Å². The second-order valence-electron chi connectivity index (χ2n) is 9.04. The second-order valence-corrected chi connectivity index (χ2v) is 9.04. The number of Topliss-reactive ketones (excluding diaryl/α,β-unsaturated/α-hetero) is 2. The van der Waals surface area contributed by atoms with Crippen LogP contribution in [-0.2, 0) is 9.59 Å². The van der Waals surface area contributed by atoms with E-state index in [-0.39, 0.29) is 34.7 Å². The fourth-order valence-electron chi connectivity index (χ4n) is 4.26. The van der Waals surface area contributed by atoms with Crippen molar-refractivity contribution in [1.29, 1.82) is 0 Å². The van der Waals surface area contributed by atoms with Gasteiger partial charge in [-0.05, 0) is 51.4 Å². The van der Waals surface area contributed by atoms with Crippen LogP contribution in [0.25, 0.3) is 0 Å². The Morgan fingerprint density at radius 3 is 2.55 bits per heavy atom. The first-order valence-electron chi connectivity index (χ1n) is 11.0. The molecule has 2 rings (SSSR count). The van der Waals surface area contributed by atoms with Gasteiger partial charge in [0.1, 0.15) is 0 Å². The van der Waals surface area contributed by atoms with Crippen LogP contribution >= 0.6 is 0 Å². The van der Waals surface area contributed by atoms with Crippen molar-refractivity contribution in [1.82, 2.24) is 5.32 Å². The number of aliphatic hydroxyl groups is 1. The number of rotatable bonds is 9. The van der Waals surface area contributed by atoms with Crippen molar-refractivity contribution in [2.75, 3.05) is 6.54 Å². The molecule has 4 heteroatoms. The number of allylic oxidation sites excluding steroid dienone is 5. The van der Waals surface area contributed by atoms with Crippen molar-refractivity contribution in [3.63, 3.8) is 0 Å². The molecule has 29 heavy (non-hydrogen) atoms. The Balaban J connectivity index is 2.49. The van der Waals surface area contributed by atoms with Gasteiger partial charge in [0.2, 0.25) is 11.6 Å². The van der Waals surface area contributed by atoms with E-state index in [1.807, 2.05) is 19.9 Å². The second kappa shape index (κ2) is 10.1. The van der Waals surface area contributed by atoms with Gasteiger partial charge in [-0.25, -0.2) is 0 Å². The largest absolute Gasteiger partial charge is 0.504 e. The van der Waals surface area contributed by atoms with Crippen LogP contribution in [-0.4, -0.2) is 23.2 Å². The molecule has 0 radical (unpaired) electrons. The standard InChI is InChI=1S/C25H37NO3/c1-7-8-9-10-19-22(26-14-15(2)3)24(28)21(25(29)23(19)27)20-13-17(6)11-12-18(20)16(4)5/h13,15,18,20,26,29H,4,7-12,14H2,1-3,5-6H3/t18-,20+/m0/s1. The number of carbonyl (C=O) groups is 2. The summed E-state index contributed by atoms with van der Waals surface area (Å²) in [6, 6.07) is 0. The van der Waals surface area contributed by atoms with Crippen LogP contribution in [0.5, 0.6) is 0 Å². The first-order valence-corrected chi connectivity index (χ1v) is 11.0. The molecule has 2 aliphatic carbocycles. The summed E-state index contributed by atoms with van der Waals surface area (Å²) in [5.41, 5.74) is 3.24. The van der Waals surface area contributed by atoms with Crippen LogP contribution in [0.1, 0.15) is 73.1 Å². The molecule has 2 aliphatic rings. The minimum absolute atomic E-state index is 0.0561. The van der Waals surface area contributed by atoms with E-state index in [0.29, 0.717) is 30.2 Å². The average molecular weight is 400 g/mol. The Kier molecular flexibility index (Phi) is 8.06. The predicted molar refractivity (Wildman–Crippen MR) is 118 cm³/mol. The molecule has 0 aliphatic heterocycles. The maximum atomic E-state index is 13.6. The van der Waals surface area contributed by atoms with Gasteiger partial charge in [0.25, 0.3) is 0 Å². The molecular weight excluding hydrogens is 362 g/mol. The molecule has 0 fully saturated rings. The molecule has 0 saturated heterocycles. The lowest BCUT2D eigenvalue weighted by molar-refractivity contribution is -0.119. The van der Waals surface area contributed by atoms with Gasteiger partial charge in [-0.1, -0.05) is 57.4 Å². The third-order valence-electron chi connectivity index (χ3n) is 5.95. The van der Waals surface area contributed by atoms with Gasteiger partial charge in [0.05, 0.1) is 11.3 Å². The van der Waals surface area contributed by atoms with Crippen LogP contribution in [0.3, 0.4) is 0 Å².